The third kappa shape index (κ3) is 2.05. The second-order valence-corrected chi connectivity index (χ2v) is 8.11. The number of benzene rings is 1. The maximum absolute atomic E-state index is 10.2. The average Bonchev–Trinajstić information content (AvgIpc) is 2.90. The Labute approximate surface area is 134 Å². The fourth-order valence-electron chi connectivity index (χ4n) is 5.93. The SMILES string of the molecule is CC=Cc1cc2c(cc1O)CC[C@@H]1[C@@H]2CC[C@]2(C)CCC[C@@H]12. The molecule has 0 aromatic heterocycles. The average molecular weight is 296 g/mol. The Morgan fingerprint density at radius 2 is 2.05 bits per heavy atom. The predicted molar refractivity (Wildman–Crippen MR) is 92.0 cm³/mol. The molecule has 0 unspecified atom stereocenters. The molecule has 2 saturated carbocycles. The van der Waals surface area contributed by atoms with Gasteiger partial charge >= 0.3 is 0 Å². The molecular weight excluding hydrogens is 268 g/mol. The topological polar surface area (TPSA) is 20.2 Å². The minimum atomic E-state index is 0.455. The summed E-state index contributed by atoms with van der Waals surface area (Å²) in [6, 6.07) is 4.34. The van der Waals surface area contributed by atoms with Gasteiger partial charge in [0.05, 0.1) is 0 Å². The lowest BCUT2D eigenvalue weighted by Crippen LogP contribution is -2.39. The molecule has 4 atom stereocenters. The van der Waals surface area contributed by atoms with E-state index in [-0.39, 0.29) is 0 Å². The lowest BCUT2D eigenvalue weighted by Gasteiger charge is -2.49. The molecule has 0 aliphatic heterocycles. The summed E-state index contributed by atoms with van der Waals surface area (Å²) in [6.07, 6.45) is 13.7. The Kier molecular flexibility index (Phi) is 3.36. The van der Waals surface area contributed by atoms with Crippen molar-refractivity contribution in [2.45, 2.75) is 64.7 Å². The zero-order valence-electron chi connectivity index (χ0n) is 13.9. The third-order valence-corrected chi connectivity index (χ3v) is 7.00. The fourth-order valence-corrected chi connectivity index (χ4v) is 5.93. The highest BCUT2D eigenvalue weighted by Gasteiger charge is 2.50. The summed E-state index contributed by atoms with van der Waals surface area (Å²) in [5, 5.41) is 10.2. The van der Waals surface area contributed by atoms with Crippen LogP contribution in [0.1, 0.15) is 75.0 Å². The van der Waals surface area contributed by atoms with Crippen LogP contribution in [-0.4, -0.2) is 5.11 Å². The summed E-state index contributed by atoms with van der Waals surface area (Å²) in [5.41, 5.74) is 4.59. The highest BCUT2D eigenvalue weighted by molar-refractivity contribution is 5.60. The number of fused-ring (bicyclic) bond motifs is 5. The molecule has 22 heavy (non-hydrogen) atoms. The van der Waals surface area contributed by atoms with Crippen molar-refractivity contribution in [2.75, 3.05) is 0 Å². The van der Waals surface area contributed by atoms with Crippen molar-refractivity contribution < 1.29 is 5.11 Å². The van der Waals surface area contributed by atoms with Crippen molar-refractivity contribution >= 4 is 6.08 Å². The first-order valence-corrected chi connectivity index (χ1v) is 9.11. The number of allylic oxidation sites excluding steroid dienone is 1. The molecule has 3 aliphatic rings. The Morgan fingerprint density at radius 3 is 2.86 bits per heavy atom. The van der Waals surface area contributed by atoms with Gasteiger partial charge in [-0.1, -0.05) is 25.5 Å². The molecule has 1 aromatic carbocycles. The van der Waals surface area contributed by atoms with Gasteiger partial charge in [0.15, 0.2) is 0 Å². The molecule has 0 bridgehead atoms. The number of phenols is 1. The minimum Gasteiger partial charge on any atom is -0.507 e. The maximum Gasteiger partial charge on any atom is 0.123 e. The van der Waals surface area contributed by atoms with Gasteiger partial charge in [-0.15, -0.1) is 0 Å². The molecule has 4 rings (SSSR count). The van der Waals surface area contributed by atoms with Crippen molar-refractivity contribution in [3.8, 4) is 5.75 Å². The van der Waals surface area contributed by atoms with Crippen LogP contribution >= 0.6 is 0 Å². The fraction of sp³-hybridized carbons (Fsp3) is 0.619. The molecule has 0 heterocycles. The number of aryl methyl sites for hydroxylation is 1. The molecule has 1 aromatic rings. The molecule has 0 radical (unpaired) electrons. The first kappa shape index (κ1) is 14.4. The number of phenolic OH excluding ortho intramolecular Hbond substituents is 1. The summed E-state index contributed by atoms with van der Waals surface area (Å²) in [4.78, 5) is 0. The van der Waals surface area contributed by atoms with Gasteiger partial charge in [0.1, 0.15) is 5.75 Å². The van der Waals surface area contributed by atoms with E-state index in [9.17, 15) is 5.11 Å². The number of hydrogen-bond acceptors (Lipinski definition) is 1. The van der Waals surface area contributed by atoms with Crippen LogP contribution in [0.2, 0.25) is 0 Å². The highest BCUT2D eigenvalue weighted by Crippen LogP contribution is 2.61. The smallest absolute Gasteiger partial charge is 0.123 e. The summed E-state index contributed by atoms with van der Waals surface area (Å²) in [5.74, 6) is 3.02. The maximum atomic E-state index is 10.2. The molecule has 1 nitrogen and oxygen atoms in total. The van der Waals surface area contributed by atoms with Gasteiger partial charge < -0.3 is 5.11 Å². The van der Waals surface area contributed by atoms with Crippen LogP contribution < -0.4 is 0 Å². The lowest BCUT2D eigenvalue weighted by atomic mass is 9.56. The molecule has 1 N–H and O–H groups in total. The standard InChI is InChI=1S/C21H28O/c1-3-5-15-12-18-14(13-20(15)22)7-8-17-16(18)9-11-21(2)10-4-6-19(17)21/h3,5,12-13,16-17,19,22H,4,6-11H2,1-2H3/t16-,17+,19-,21-/m0/s1. The second kappa shape index (κ2) is 5.15. The van der Waals surface area contributed by atoms with Gasteiger partial charge in [0.2, 0.25) is 0 Å². The zero-order chi connectivity index (χ0) is 15.3. The monoisotopic (exact) mass is 296 g/mol. The molecule has 1 heteroatoms. The Bertz CT molecular complexity index is 615. The van der Waals surface area contributed by atoms with Crippen molar-refractivity contribution in [2.24, 2.45) is 17.3 Å². The third-order valence-electron chi connectivity index (χ3n) is 7.00. The van der Waals surface area contributed by atoms with Crippen molar-refractivity contribution in [3.63, 3.8) is 0 Å². The van der Waals surface area contributed by atoms with Crippen LogP contribution in [0, 0.1) is 17.3 Å². The molecule has 118 valence electrons. The largest absolute Gasteiger partial charge is 0.507 e. The van der Waals surface area contributed by atoms with E-state index in [2.05, 4.69) is 13.0 Å². The van der Waals surface area contributed by atoms with Crippen LogP contribution in [0.25, 0.3) is 6.08 Å². The van der Waals surface area contributed by atoms with Crippen LogP contribution in [0.5, 0.6) is 5.75 Å². The van der Waals surface area contributed by atoms with E-state index in [0.29, 0.717) is 11.2 Å². The van der Waals surface area contributed by atoms with Crippen molar-refractivity contribution in [1.82, 2.24) is 0 Å². The lowest BCUT2D eigenvalue weighted by molar-refractivity contribution is 0.0598. The summed E-state index contributed by atoms with van der Waals surface area (Å²) in [7, 11) is 0. The second-order valence-electron chi connectivity index (χ2n) is 8.11. The normalized spacial score (nSPS) is 36.9. The molecule has 0 amide bonds. The summed E-state index contributed by atoms with van der Waals surface area (Å²) < 4.78 is 0. The van der Waals surface area contributed by atoms with Gasteiger partial charge in [0, 0.05) is 5.56 Å². The van der Waals surface area contributed by atoms with E-state index < -0.39 is 0 Å². The van der Waals surface area contributed by atoms with Gasteiger partial charge in [0.25, 0.3) is 0 Å². The van der Waals surface area contributed by atoms with Crippen LogP contribution in [-0.2, 0) is 6.42 Å². The van der Waals surface area contributed by atoms with E-state index in [4.69, 9.17) is 0 Å². The predicted octanol–water partition coefficient (Wildman–Crippen LogP) is 5.67. The minimum absolute atomic E-state index is 0.455. The molecule has 0 spiro atoms. The molecular formula is C21H28O. The molecule has 2 fully saturated rings. The van der Waals surface area contributed by atoms with Gasteiger partial charge in [-0.3, -0.25) is 0 Å². The molecule has 0 saturated heterocycles. The summed E-state index contributed by atoms with van der Waals surface area (Å²) >= 11 is 0. The summed E-state index contributed by atoms with van der Waals surface area (Å²) in [6.45, 7) is 4.57. The van der Waals surface area contributed by atoms with Gasteiger partial charge in [-0.05, 0) is 91.9 Å². The van der Waals surface area contributed by atoms with Crippen LogP contribution in [0.15, 0.2) is 18.2 Å². The first-order chi connectivity index (χ1) is 10.6. The first-order valence-electron chi connectivity index (χ1n) is 9.11. The number of aromatic hydroxyl groups is 1. The van der Waals surface area contributed by atoms with E-state index in [1.54, 1.807) is 5.56 Å². The van der Waals surface area contributed by atoms with Crippen LogP contribution in [0.4, 0.5) is 0 Å². The van der Waals surface area contributed by atoms with Gasteiger partial charge in [-0.2, -0.15) is 0 Å². The number of hydrogen-bond donors (Lipinski definition) is 1. The van der Waals surface area contributed by atoms with Crippen LogP contribution in [0.3, 0.4) is 0 Å². The van der Waals surface area contributed by atoms with E-state index in [1.165, 1.54) is 44.1 Å². The Morgan fingerprint density at radius 1 is 1.18 bits per heavy atom. The molecule has 3 aliphatic carbocycles. The number of rotatable bonds is 1. The van der Waals surface area contributed by atoms with E-state index in [0.717, 1.165) is 29.7 Å². The Balaban J connectivity index is 1.74. The van der Waals surface area contributed by atoms with Crippen molar-refractivity contribution in [1.29, 1.82) is 0 Å². The van der Waals surface area contributed by atoms with Gasteiger partial charge in [-0.25, -0.2) is 0 Å². The quantitative estimate of drug-likeness (QED) is 0.707. The Hall–Kier alpha value is -1.24. The van der Waals surface area contributed by atoms with E-state index in [1.807, 2.05) is 25.1 Å². The highest BCUT2D eigenvalue weighted by atomic mass is 16.3. The zero-order valence-corrected chi connectivity index (χ0v) is 13.9. The van der Waals surface area contributed by atoms with Crippen molar-refractivity contribution in [3.05, 3.63) is 34.9 Å². The van der Waals surface area contributed by atoms with E-state index >= 15 is 0 Å².